The van der Waals surface area contributed by atoms with Gasteiger partial charge >= 0.3 is 11.9 Å². The number of unbranched alkanes of at least 4 members (excludes halogenated alkanes) is 1. The third-order valence-corrected chi connectivity index (χ3v) is 8.60. The lowest BCUT2D eigenvalue weighted by Gasteiger charge is -2.25. The average molecular weight is 900 g/mol. The summed E-state index contributed by atoms with van der Waals surface area (Å²) in [6.07, 6.45) is 1.39. The van der Waals surface area contributed by atoms with Gasteiger partial charge in [-0.25, -0.2) is 9.78 Å². The Morgan fingerprint density at radius 2 is 1.21 bits per heavy atom. The van der Waals surface area contributed by atoms with Crippen LogP contribution in [-0.4, -0.2) is 171 Å². The number of nitrogens with one attached hydrogen (secondary N) is 8. The van der Waals surface area contributed by atoms with Crippen LogP contribution in [0.1, 0.15) is 50.6 Å². The van der Waals surface area contributed by atoms with Gasteiger partial charge in [0.05, 0.1) is 45.0 Å². The first-order chi connectivity index (χ1) is 29.7. The summed E-state index contributed by atoms with van der Waals surface area (Å²) in [4.78, 5) is 136. The Morgan fingerprint density at radius 1 is 0.667 bits per heavy atom. The normalized spacial score (nSPS) is 14.1. The number of rotatable bonds is 31. The summed E-state index contributed by atoms with van der Waals surface area (Å²) in [5.41, 5.74) is 27.4. The molecule has 0 fully saturated rings. The Bertz CT molecular complexity index is 1760. The maximum atomic E-state index is 13.4. The lowest BCUT2D eigenvalue weighted by Crippen LogP contribution is -2.60. The molecule has 8 amide bonds. The van der Waals surface area contributed by atoms with Gasteiger partial charge in [-0.15, -0.1) is 0 Å². The minimum atomic E-state index is -2.04. The molecule has 0 aliphatic heterocycles. The fraction of sp³-hybridized carbons (Fsp3) is 0.588. The second-order valence-corrected chi connectivity index (χ2v) is 13.7. The first-order valence-electron chi connectivity index (χ1n) is 19.2. The highest BCUT2D eigenvalue weighted by Crippen LogP contribution is 2.05. The molecule has 0 unspecified atom stereocenters. The summed E-state index contributed by atoms with van der Waals surface area (Å²) < 4.78 is 0. The predicted molar refractivity (Wildman–Crippen MR) is 216 cm³/mol. The van der Waals surface area contributed by atoms with Gasteiger partial charge in [0.15, 0.2) is 5.96 Å². The number of carbonyl (C=O) groups excluding carboxylic acids is 8. The molecular weight excluding hydrogens is 842 g/mol. The van der Waals surface area contributed by atoms with E-state index >= 15 is 0 Å². The van der Waals surface area contributed by atoms with E-state index in [9.17, 15) is 68.4 Å². The van der Waals surface area contributed by atoms with E-state index in [2.05, 4.69) is 41.5 Å². The maximum absolute atomic E-state index is 13.4. The van der Waals surface area contributed by atoms with Crippen molar-refractivity contribution in [1.82, 2.24) is 47.2 Å². The van der Waals surface area contributed by atoms with E-state index in [0.717, 1.165) is 0 Å². The molecule has 0 aliphatic carbocycles. The number of imidazole rings is 1. The lowest BCUT2D eigenvalue weighted by atomic mass is 10.1. The molecule has 0 saturated heterocycles. The number of nitrogens with two attached hydrogens (primary N) is 5. The first kappa shape index (κ1) is 54.0. The molecule has 1 rings (SSSR count). The number of carboxylic acid groups (broad SMARTS) is 2. The Balaban J connectivity index is 3.12. The summed E-state index contributed by atoms with van der Waals surface area (Å²) in [7, 11) is 0. The molecule has 352 valence electrons. The van der Waals surface area contributed by atoms with E-state index in [1.165, 1.54) is 12.5 Å². The summed E-state index contributed by atoms with van der Waals surface area (Å²) in [5.74, 6) is -12.4. The van der Waals surface area contributed by atoms with Crippen LogP contribution >= 0.6 is 0 Å². The minimum absolute atomic E-state index is 0.0417. The maximum Gasteiger partial charge on any atom is 0.326 e. The molecule has 22 N–H and O–H groups in total. The number of guanidine groups is 1. The van der Waals surface area contributed by atoms with Crippen LogP contribution in [0.4, 0.5) is 0 Å². The van der Waals surface area contributed by atoms with Crippen LogP contribution in [-0.2, 0) is 54.4 Å². The second-order valence-electron chi connectivity index (χ2n) is 13.7. The quantitative estimate of drug-likeness (QED) is 0.0187. The van der Waals surface area contributed by atoms with Crippen molar-refractivity contribution in [3.63, 3.8) is 0 Å². The van der Waals surface area contributed by atoms with Gasteiger partial charge in [0.1, 0.15) is 36.3 Å². The predicted octanol–water partition coefficient (Wildman–Crippen LogP) is -9.09. The van der Waals surface area contributed by atoms with E-state index in [0.29, 0.717) is 25.1 Å². The molecule has 0 aliphatic rings. The minimum Gasteiger partial charge on any atom is -0.481 e. The number of aliphatic carboxylic acids is 2. The van der Waals surface area contributed by atoms with E-state index in [1.54, 1.807) is 0 Å². The number of nitrogens with zero attached hydrogens (tertiary/aromatic N) is 2. The summed E-state index contributed by atoms with van der Waals surface area (Å²) in [6, 6.07) is -11.5. The Morgan fingerprint density at radius 3 is 1.73 bits per heavy atom. The Labute approximate surface area is 358 Å². The number of hydrogen-bond acceptors (Lipinski definition) is 16. The molecule has 7 atom stereocenters. The van der Waals surface area contributed by atoms with Crippen molar-refractivity contribution in [3.05, 3.63) is 18.2 Å². The van der Waals surface area contributed by atoms with Crippen LogP contribution in [0.3, 0.4) is 0 Å². The van der Waals surface area contributed by atoms with Crippen molar-refractivity contribution < 1.29 is 68.4 Å². The molecule has 0 spiro atoms. The summed E-state index contributed by atoms with van der Waals surface area (Å²) in [6.45, 7) is -2.48. The number of hydrogen-bond donors (Lipinski definition) is 17. The van der Waals surface area contributed by atoms with Gasteiger partial charge in [-0.2, -0.15) is 0 Å². The van der Waals surface area contributed by atoms with Crippen LogP contribution in [0.2, 0.25) is 0 Å². The first-order valence-corrected chi connectivity index (χ1v) is 19.2. The van der Waals surface area contributed by atoms with Gasteiger partial charge in [-0.3, -0.25) is 48.1 Å². The van der Waals surface area contributed by atoms with Crippen molar-refractivity contribution in [2.45, 2.75) is 93.7 Å². The highest BCUT2D eigenvalue weighted by Gasteiger charge is 2.34. The molecule has 0 bridgehead atoms. The second kappa shape index (κ2) is 28.5. The Hall–Kier alpha value is -6.98. The molecule has 29 nitrogen and oxygen atoms in total. The number of aliphatic imine (C=N–C) groups is 1. The SMILES string of the molecule is NCCCC[C@H](N)C(=O)N[C@@H](CO)C(=O)NCC(=O)N[C@@H](CCCN=C(N)N)C(=O)N[C@@H](CO)C(=O)N[C@@H](CC(=O)O)C(=O)N[C@@H](CC(N)=O)C(=O)N[C@@H](Cc1cnc[nH]1)C(=O)O. The number of carbonyl (C=O) groups is 10. The number of carboxylic acids is 2. The number of aromatic amines is 1. The summed E-state index contributed by atoms with van der Waals surface area (Å²) >= 11 is 0. The smallest absolute Gasteiger partial charge is 0.326 e. The van der Waals surface area contributed by atoms with E-state index in [4.69, 9.17) is 28.7 Å². The van der Waals surface area contributed by atoms with Gasteiger partial charge < -0.3 is 91.3 Å². The highest BCUT2D eigenvalue weighted by atomic mass is 16.4. The van der Waals surface area contributed by atoms with Crippen molar-refractivity contribution in [1.29, 1.82) is 0 Å². The number of aromatic nitrogens is 2. The van der Waals surface area contributed by atoms with Crippen LogP contribution in [0, 0.1) is 0 Å². The molecule has 1 aromatic heterocycles. The van der Waals surface area contributed by atoms with Crippen LogP contribution in [0.25, 0.3) is 0 Å². The largest absolute Gasteiger partial charge is 0.481 e. The van der Waals surface area contributed by atoms with E-state index in [1.807, 2.05) is 10.6 Å². The van der Waals surface area contributed by atoms with Crippen molar-refractivity contribution in [2.24, 2.45) is 33.7 Å². The molecule has 29 heteroatoms. The lowest BCUT2D eigenvalue weighted by molar-refractivity contribution is -0.143. The van der Waals surface area contributed by atoms with Gasteiger partial charge in [0.2, 0.25) is 47.3 Å². The van der Waals surface area contributed by atoms with Gasteiger partial charge in [0, 0.05) is 24.9 Å². The third-order valence-electron chi connectivity index (χ3n) is 8.60. The van der Waals surface area contributed by atoms with Crippen LogP contribution in [0.5, 0.6) is 0 Å². The third kappa shape index (κ3) is 21.4. The van der Waals surface area contributed by atoms with E-state index in [-0.39, 0.29) is 38.2 Å². The van der Waals surface area contributed by atoms with Crippen LogP contribution in [0.15, 0.2) is 17.5 Å². The zero-order valence-electron chi connectivity index (χ0n) is 34.0. The molecule has 0 aromatic carbocycles. The molecule has 0 radical (unpaired) electrons. The van der Waals surface area contributed by atoms with Crippen molar-refractivity contribution in [3.8, 4) is 0 Å². The van der Waals surface area contributed by atoms with Gasteiger partial charge in [-0.05, 0) is 32.2 Å². The number of aliphatic hydroxyl groups excluding tert-OH is 2. The fourth-order valence-electron chi connectivity index (χ4n) is 5.31. The zero-order valence-corrected chi connectivity index (χ0v) is 34.0. The number of aliphatic hydroxyl groups is 2. The summed E-state index contributed by atoms with van der Waals surface area (Å²) in [5, 5.41) is 53.9. The van der Waals surface area contributed by atoms with Gasteiger partial charge in [-0.1, -0.05) is 6.42 Å². The number of primary amides is 1. The van der Waals surface area contributed by atoms with Crippen LogP contribution < -0.4 is 65.9 Å². The molecular formula is C34H57N15O14. The number of H-pyrrole nitrogens is 1. The molecule has 1 heterocycles. The average Bonchev–Trinajstić information content (AvgIpc) is 3.73. The zero-order chi connectivity index (χ0) is 47.6. The fourth-order valence-corrected chi connectivity index (χ4v) is 5.31. The topological polar surface area (TPSA) is 507 Å². The highest BCUT2D eigenvalue weighted by molar-refractivity contribution is 5.99. The molecule has 0 saturated carbocycles. The standard InChI is InChI=1S/C34H57N15O14/c35-6-2-1-4-17(36)27(56)48-22(13-50)28(57)42-12-25(53)44-18(5-3-7-41-34(38)39)29(58)49-23(14-51)32(61)46-20(10-26(54)55)31(60)45-19(9-24(37)52)30(59)47-21(33(62)63)8-16-11-40-15-43-16/h11,15,17-23,50-51H,1-10,12-14,35-36H2,(H2,37,52)(H,40,43)(H,42,57)(H,44,53)(H,45,60)(H,46,61)(H,47,59)(H,48,56)(H,49,58)(H,54,55)(H,62,63)(H4,38,39,41)/t17-,18-,19-,20-,21-,22-,23-/m0/s1. The van der Waals surface area contributed by atoms with Crippen molar-refractivity contribution in [2.75, 3.05) is 32.8 Å². The molecule has 1 aromatic rings. The number of amides is 8. The monoisotopic (exact) mass is 899 g/mol. The Kier molecular flexibility index (Phi) is 24.5. The molecule has 63 heavy (non-hydrogen) atoms. The van der Waals surface area contributed by atoms with Crippen molar-refractivity contribution >= 4 is 65.2 Å². The van der Waals surface area contributed by atoms with E-state index < -0.39 is 134 Å². The van der Waals surface area contributed by atoms with Gasteiger partial charge in [0.25, 0.3) is 0 Å².